The van der Waals surface area contributed by atoms with E-state index in [1.807, 2.05) is 6.07 Å². The maximum absolute atomic E-state index is 10.8. The van der Waals surface area contributed by atoms with E-state index in [0.29, 0.717) is 30.2 Å². The second-order valence-electron chi connectivity index (χ2n) is 3.35. The summed E-state index contributed by atoms with van der Waals surface area (Å²) >= 11 is 11.3. The van der Waals surface area contributed by atoms with Crippen LogP contribution in [0.5, 0.6) is 5.75 Å². The summed E-state index contributed by atoms with van der Waals surface area (Å²) in [6, 6.07) is 5.03. The molecule has 0 fully saturated rings. The van der Waals surface area contributed by atoms with E-state index in [1.165, 1.54) is 6.07 Å². The Kier molecular flexibility index (Phi) is 5.77. The smallest absolute Gasteiger partial charge is 0.404 e. The number of hydrogen-bond donors (Lipinski definition) is 2. The fraction of sp³-hybridized carbons (Fsp3) is 0.400. The highest BCUT2D eigenvalue weighted by atomic mass is 35.5. The molecule has 0 bridgehead atoms. The van der Waals surface area contributed by atoms with Gasteiger partial charge in [0.05, 0.1) is 0 Å². The van der Waals surface area contributed by atoms with Crippen LogP contribution in [0.3, 0.4) is 0 Å². The fourth-order valence-corrected chi connectivity index (χ4v) is 2.36. The third kappa shape index (κ3) is 4.86. The number of hydrogen-bond acceptors (Lipinski definition) is 2. The minimum atomic E-state index is -4.55. The van der Waals surface area contributed by atoms with Crippen molar-refractivity contribution in [3.63, 3.8) is 0 Å². The number of halogens is 2. The lowest BCUT2D eigenvalue weighted by Crippen LogP contribution is -2.01. The lowest BCUT2D eigenvalue weighted by atomic mass is 10.0. The molecule has 7 heteroatoms. The van der Waals surface area contributed by atoms with Crippen LogP contribution in [-0.4, -0.2) is 21.5 Å². The van der Waals surface area contributed by atoms with Crippen molar-refractivity contribution in [2.24, 2.45) is 0 Å². The zero-order chi connectivity index (χ0) is 12.9. The van der Waals surface area contributed by atoms with Gasteiger partial charge in [-0.3, -0.25) is 9.79 Å². The van der Waals surface area contributed by atoms with Gasteiger partial charge in [0.1, 0.15) is 5.75 Å². The lowest BCUT2D eigenvalue weighted by Gasteiger charge is -2.14. The van der Waals surface area contributed by atoms with Gasteiger partial charge in [-0.1, -0.05) is 12.1 Å². The van der Waals surface area contributed by atoms with Crippen molar-refractivity contribution in [3.05, 3.63) is 29.3 Å². The molecule has 17 heavy (non-hydrogen) atoms. The van der Waals surface area contributed by atoms with E-state index >= 15 is 0 Å². The molecular formula is C10H13Cl2O4P. The molecule has 0 saturated carbocycles. The molecule has 2 N–H and O–H groups in total. The minimum absolute atomic E-state index is 0.168. The summed E-state index contributed by atoms with van der Waals surface area (Å²) in [5.41, 5.74) is 1.60. The summed E-state index contributed by atoms with van der Waals surface area (Å²) in [5.74, 6) is 0.937. The Labute approximate surface area is 110 Å². The third-order valence-corrected chi connectivity index (χ3v) is 2.97. The topological polar surface area (TPSA) is 66.8 Å². The second kappa shape index (κ2) is 6.62. The Bertz CT molecular complexity index is 419. The zero-order valence-electron chi connectivity index (χ0n) is 8.97. The molecule has 0 aliphatic carbocycles. The van der Waals surface area contributed by atoms with Gasteiger partial charge in [-0.15, -0.1) is 23.2 Å². The predicted octanol–water partition coefficient (Wildman–Crippen LogP) is 2.72. The van der Waals surface area contributed by atoms with Crippen LogP contribution in [-0.2, 0) is 17.4 Å². The van der Waals surface area contributed by atoms with Crippen LogP contribution in [0.4, 0.5) is 0 Å². The molecule has 0 heterocycles. The highest BCUT2D eigenvalue weighted by Crippen LogP contribution is 2.40. The summed E-state index contributed by atoms with van der Waals surface area (Å²) in [7, 11) is -4.55. The number of aryl methyl sites for hydroxylation is 1. The van der Waals surface area contributed by atoms with Gasteiger partial charge in [-0.25, -0.2) is 4.57 Å². The van der Waals surface area contributed by atoms with Crippen LogP contribution in [0.15, 0.2) is 18.2 Å². The van der Waals surface area contributed by atoms with E-state index < -0.39 is 7.82 Å². The highest BCUT2D eigenvalue weighted by molar-refractivity contribution is 7.46. The van der Waals surface area contributed by atoms with Crippen molar-refractivity contribution in [1.29, 1.82) is 0 Å². The van der Waals surface area contributed by atoms with Crippen LogP contribution < -0.4 is 4.52 Å². The van der Waals surface area contributed by atoms with Gasteiger partial charge in [0, 0.05) is 11.8 Å². The molecule has 0 aliphatic rings. The lowest BCUT2D eigenvalue weighted by molar-refractivity contribution is 0.282. The Morgan fingerprint density at radius 1 is 1.18 bits per heavy atom. The fourth-order valence-electron chi connectivity index (χ4n) is 1.54. The van der Waals surface area contributed by atoms with Crippen molar-refractivity contribution >= 4 is 31.0 Å². The number of phosphoric ester groups is 1. The van der Waals surface area contributed by atoms with Crippen LogP contribution in [0, 0.1) is 0 Å². The largest absolute Gasteiger partial charge is 0.524 e. The Hall–Kier alpha value is -0.250. The molecule has 0 saturated heterocycles. The molecule has 1 aromatic rings. The van der Waals surface area contributed by atoms with Gasteiger partial charge in [0.25, 0.3) is 0 Å². The number of benzene rings is 1. The third-order valence-electron chi connectivity index (χ3n) is 2.16. The zero-order valence-corrected chi connectivity index (χ0v) is 11.4. The minimum Gasteiger partial charge on any atom is -0.404 e. The average Bonchev–Trinajstić information content (AvgIpc) is 2.21. The monoisotopic (exact) mass is 298 g/mol. The summed E-state index contributed by atoms with van der Waals surface area (Å²) in [4.78, 5) is 17.6. The first-order valence-corrected chi connectivity index (χ1v) is 7.55. The van der Waals surface area contributed by atoms with E-state index in [2.05, 4.69) is 4.52 Å². The van der Waals surface area contributed by atoms with Crippen LogP contribution >= 0.6 is 31.0 Å². The summed E-state index contributed by atoms with van der Waals surface area (Å²) in [6.07, 6.45) is 1.08. The normalized spacial score (nSPS) is 11.5. The maximum atomic E-state index is 10.8. The molecule has 96 valence electrons. The second-order valence-corrected chi connectivity index (χ2v) is 5.27. The van der Waals surface area contributed by atoms with Gasteiger partial charge >= 0.3 is 7.82 Å². The van der Waals surface area contributed by atoms with Crippen LogP contribution in [0.1, 0.15) is 11.1 Å². The molecular weight excluding hydrogens is 286 g/mol. The predicted molar refractivity (Wildman–Crippen MR) is 68.0 cm³/mol. The van der Waals surface area contributed by atoms with Gasteiger partial charge < -0.3 is 4.52 Å². The number of alkyl halides is 2. The molecule has 0 radical (unpaired) electrons. The first-order valence-electron chi connectivity index (χ1n) is 4.95. The first-order chi connectivity index (χ1) is 7.98. The molecule has 0 atom stereocenters. The number of rotatable bonds is 6. The van der Waals surface area contributed by atoms with Crippen molar-refractivity contribution in [1.82, 2.24) is 0 Å². The van der Waals surface area contributed by atoms with E-state index in [9.17, 15) is 4.57 Å². The summed E-state index contributed by atoms with van der Waals surface area (Å²) in [6.45, 7) is 0. The van der Waals surface area contributed by atoms with E-state index in [1.54, 1.807) is 6.07 Å². The number of phosphoric acid groups is 1. The van der Waals surface area contributed by atoms with E-state index in [4.69, 9.17) is 33.0 Å². The Morgan fingerprint density at radius 3 is 2.35 bits per heavy atom. The van der Waals surface area contributed by atoms with E-state index in [0.717, 1.165) is 5.56 Å². The quantitative estimate of drug-likeness (QED) is 0.626. The molecule has 0 aromatic heterocycles. The van der Waals surface area contributed by atoms with Crippen molar-refractivity contribution in [2.45, 2.75) is 12.8 Å². The van der Waals surface area contributed by atoms with Gasteiger partial charge in [-0.2, -0.15) is 0 Å². The van der Waals surface area contributed by atoms with Crippen molar-refractivity contribution in [2.75, 3.05) is 11.8 Å². The average molecular weight is 299 g/mol. The van der Waals surface area contributed by atoms with Crippen LogP contribution in [0.2, 0.25) is 0 Å². The molecule has 1 rings (SSSR count). The van der Waals surface area contributed by atoms with Gasteiger partial charge in [0.15, 0.2) is 0 Å². The standard InChI is InChI=1S/C10H13Cl2O4P/c11-6-4-8-2-1-3-10(9(8)5-7-12)16-17(13,14)15/h1-3H,4-7H2,(H2,13,14,15). The maximum Gasteiger partial charge on any atom is 0.524 e. The summed E-state index contributed by atoms with van der Waals surface area (Å²) in [5, 5.41) is 0. The van der Waals surface area contributed by atoms with Crippen molar-refractivity contribution < 1.29 is 18.9 Å². The van der Waals surface area contributed by atoms with Crippen LogP contribution in [0.25, 0.3) is 0 Å². The van der Waals surface area contributed by atoms with Gasteiger partial charge in [-0.05, 0) is 30.0 Å². The molecule has 4 nitrogen and oxygen atoms in total. The Morgan fingerprint density at radius 2 is 1.82 bits per heavy atom. The molecule has 0 unspecified atom stereocenters. The molecule has 0 aliphatic heterocycles. The molecule has 1 aromatic carbocycles. The van der Waals surface area contributed by atoms with E-state index in [-0.39, 0.29) is 5.75 Å². The molecule has 0 spiro atoms. The van der Waals surface area contributed by atoms with Crippen molar-refractivity contribution in [3.8, 4) is 5.75 Å². The highest BCUT2D eigenvalue weighted by Gasteiger charge is 2.19. The summed E-state index contributed by atoms with van der Waals surface area (Å²) < 4.78 is 15.5. The first kappa shape index (κ1) is 14.8. The molecule has 0 amide bonds. The SMILES string of the molecule is O=P(O)(O)Oc1cccc(CCCl)c1CCCl. The van der Waals surface area contributed by atoms with Gasteiger partial charge in [0.2, 0.25) is 0 Å². The Balaban J connectivity index is 3.10.